The number of hydrogen-bond acceptors (Lipinski definition) is 2. The smallest absolute Gasteiger partial charge is 0.145 e. The number of rotatable bonds is 6. The molecule has 2 heterocycles. The largest absolute Gasteiger partial charge is 0.292 e. The van der Waals surface area contributed by atoms with Gasteiger partial charge in [0.1, 0.15) is 11.6 Å². The number of benzene rings is 7. The summed E-state index contributed by atoms with van der Waals surface area (Å²) in [6.07, 6.45) is 0. The molecular weight excluding hydrogens is 585 g/mol. The minimum atomic E-state index is 0.937. The van der Waals surface area contributed by atoms with Gasteiger partial charge < -0.3 is 0 Å². The molecule has 48 heavy (non-hydrogen) atoms. The molecule has 226 valence electrons. The zero-order valence-electron chi connectivity index (χ0n) is 26.1. The number of nitrogens with zero attached hydrogens (tertiary/aromatic N) is 4. The lowest BCUT2D eigenvalue weighted by atomic mass is 9.99. The summed E-state index contributed by atoms with van der Waals surface area (Å²) < 4.78 is 4.48. The van der Waals surface area contributed by atoms with Crippen LogP contribution in [-0.2, 0) is 0 Å². The van der Waals surface area contributed by atoms with Crippen molar-refractivity contribution in [3.8, 4) is 56.4 Å². The molecule has 4 nitrogen and oxygen atoms in total. The third kappa shape index (κ3) is 4.88. The van der Waals surface area contributed by atoms with Crippen LogP contribution in [0.2, 0.25) is 0 Å². The van der Waals surface area contributed by atoms with Crippen molar-refractivity contribution >= 4 is 22.1 Å². The van der Waals surface area contributed by atoms with Crippen molar-refractivity contribution in [2.75, 3.05) is 0 Å². The van der Waals surface area contributed by atoms with Crippen molar-refractivity contribution in [1.82, 2.24) is 19.1 Å². The lowest BCUT2D eigenvalue weighted by molar-refractivity contribution is 1.10. The maximum Gasteiger partial charge on any atom is 0.145 e. The van der Waals surface area contributed by atoms with Crippen LogP contribution in [-0.4, -0.2) is 19.1 Å². The monoisotopic (exact) mass is 614 g/mol. The van der Waals surface area contributed by atoms with E-state index < -0.39 is 0 Å². The second-order valence-electron chi connectivity index (χ2n) is 11.9. The van der Waals surface area contributed by atoms with Crippen LogP contribution < -0.4 is 0 Å². The molecule has 0 N–H and O–H groups in total. The van der Waals surface area contributed by atoms with Gasteiger partial charge in [0.05, 0.1) is 22.1 Å². The molecule has 9 aromatic rings. The highest BCUT2D eigenvalue weighted by Gasteiger charge is 2.16. The summed E-state index contributed by atoms with van der Waals surface area (Å²) >= 11 is 0. The van der Waals surface area contributed by atoms with E-state index >= 15 is 0 Å². The molecule has 7 aromatic carbocycles. The number of aromatic nitrogens is 4. The Kier molecular flexibility index (Phi) is 6.76. The zero-order chi connectivity index (χ0) is 31.9. The Balaban J connectivity index is 0.996. The second-order valence-corrected chi connectivity index (χ2v) is 11.9. The van der Waals surface area contributed by atoms with Gasteiger partial charge in [-0.25, -0.2) is 9.97 Å². The number of para-hydroxylation sites is 6. The molecule has 0 aliphatic carbocycles. The summed E-state index contributed by atoms with van der Waals surface area (Å²) in [4.78, 5) is 10.0. The minimum absolute atomic E-state index is 0.937. The highest BCUT2D eigenvalue weighted by Crippen LogP contribution is 2.33. The van der Waals surface area contributed by atoms with Crippen LogP contribution in [0.25, 0.3) is 78.5 Å². The fourth-order valence-electron chi connectivity index (χ4n) is 6.59. The van der Waals surface area contributed by atoms with Crippen LogP contribution in [0.4, 0.5) is 0 Å². The van der Waals surface area contributed by atoms with Gasteiger partial charge in [0.2, 0.25) is 0 Å². The molecule has 0 aliphatic rings. The van der Waals surface area contributed by atoms with E-state index in [0.717, 1.165) is 56.2 Å². The van der Waals surface area contributed by atoms with E-state index in [1.165, 1.54) is 22.3 Å². The van der Waals surface area contributed by atoms with Gasteiger partial charge in [-0.1, -0.05) is 133 Å². The molecule has 2 aromatic heterocycles. The highest BCUT2D eigenvalue weighted by molar-refractivity contribution is 5.85. The van der Waals surface area contributed by atoms with E-state index in [-0.39, 0.29) is 0 Å². The molecule has 0 unspecified atom stereocenters. The number of fused-ring (bicyclic) bond motifs is 2. The van der Waals surface area contributed by atoms with Gasteiger partial charge in [0.15, 0.2) is 0 Å². The van der Waals surface area contributed by atoms with Crippen molar-refractivity contribution in [3.05, 3.63) is 182 Å². The lowest BCUT2D eigenvalue weighted by Gasteiger charge is -2.11. The Labute approximate surface area is 278 Å². The summed E-state index contributed by atoms with van der Waals surface area (Å²) in [6.45, 7) is 0. The summed E-state index contributed by atoms with van der Waals surface area (Å²) in [7, 11) is 0. The zero-order valence-corrected chi connectivity index (χ0v) is 26.1. The van der Waals surface area contributed by atoms with Crippen LogP contribution in [0.15, 0.2) is 182 Å². The van der Waals surface area contributed by atoms with E-state index in [4.69, 9.17) is 9.97 Å². The van der Waals surface area contributed by atoms with Gasteiger partial charge in [0, 0.05) is 22.5 Å². The molecule has 0 aliphatic heterocycles. The Morgan fingerprint density at radius 1 is 0.271 bits per heavy atom. The van der Waals surface area contributed by atoms with Gasteiger partial charge in [-0.15, -0.1) is 0 Å². The van der Waals surface area contributed by atoms with Gasteiger partial charge in [-0.3, -0.25) is 9.13 Å². The summed E-state index contributed by atoms with van der Waals surface area (Å²) in [5.74, 6) is 1.87. The third-order valence-electron chi connectivity index (χ3n) is 8.99. The normalized spacial score (nSPS) is 11.3. The Hall–Kier alpha value is -6.52. The first-order chi connectivity index (χ1) is 23.8. The molecule has 0 radical (unpaired) electrons. The molecule has 4 heteroatoms. The average molecular weight is 615 g/mol. The Morgan fingerprint density at radius 2 is 0.562 bits per heavy atom. The van der Waals surface area contributed by atoms with Crippen LogP contribution >= 0.6 is 0 Å². The topological polar surface area (TPSA) is 35.6 Å². The molecule has 0 fully saturated rings. The van der Waals surface area contributed by atoms with E-state index in [0.29, 0.717) is 0 Å². The van der Waals surface area contributed by atoms with Crippen molar-refractivity contribution < 1.29 is 0 Å². The molecular formula is C44H30N4. The summed E-state index contributed by atoms with van der Waals surface area (Å²) in [5, 5.41) is 0. The van der Waals surface area contributed by atoms with Gasteiger partial charge in [-0.2, -0.15) is 0 Å². The van der Waals surface area contributed by atoms with E-state index in [9.17, 15) is 0 Å². The van der Waals surface area contributed by atoms with E-state index in [1.807, 2.05) is 24.3 Å². The third-order valence-corrected chi connectivity index (χ3v) is 8.99. The predicted octanol–water partition coefficient (Wildman–Crippen LogP) is 11.0. The molecule has 0 atom stereocenters. The number of hydrogen-bond donors (Lipinski definition) is 0. The molecule has 0 amide bonds. The van der Waals surface area contributed by atoms with Crippen molar-refractivity contribution in [3.63, 3.8) is 0 Å². The molecule has 0 spiro atoms. The summed E-state index contributed by atoms with van der Waals surface area (Å²) in [6, 6.07) is 63.7. The molecule has 0 bridgehead atoms. The fourth-order valence-corrected chi connectivity index (χ4v) is 6.59. The van der Waals surface area contributed by atoms with Gasteiger partial charge in [-0.05, 0) is 70.8 Å². The van der Waals surface area contributed by atoms with E-state index in [1.54, 1.807) is 0 Å². The minimum Gasteiger partial charge on any atom is -0.292 e. The van der Waals surface area contributed by atoms with Crippen molar-refractivity contribution in [1.29, 1.82) is 0 Å². The standard InChI is InChI=1S/C44H30N4/c1-3-11-37(12-4-1)47-41-17-9-7-15-39(41)45-43(47)35-27-23-33(24-28-35)31-19-21-32(22-20-31)34-25-29-36(30-26-34)44-46-40-16-8-10-18-42(40)48(44)38-13-5-2-6-14-38/h1-30H. The van der Waals surface area contributed by atoms with Crippen LogP contribution in [0.1, 0.15) is 0 Å². The maximum absolute atomic E-state index is 5.02. The first-order valence-corrected chi connectivity index (χ1v) is 16.2. The second kappa shape index (κ2) is 11.7. The SMILES string of the molecule is c1ccc(-n2c(-c3ccc(-c4ccc(-c5ccc(-c6nc7ccccc7n6-c6ccccc6)cc5)cc4)cc3)nc3ccccc32)cc1. The van der Waals surface area contributed by atoms with Crippen molar-refractivity contribution in [2.45, 2.75) is 0 Å². The first kappa shape index (κ1) is 27.8. The average Bonchev–Trinajstić information content (AvgIpc) is 3.75. The predicted molar refractivity (Wildman–Crippen MR) is 197 cm³/mol. The molecule has 9 rings (SSSR count). The highest BCUT2D eigenvalue weighted by atomic mass is 15.1. The lowest BCUT2D eigenvalue weighted by Crippen LogP contribution is -1.97. The fraction of sp³-hybridized carbons (Fsp3) is 0. The summed E-state index contributed by atoms with van der Waals surface area (Å²) in [5.41, 5.74) is 13.2. The van der Waals surface area contributed by atoms with Gasteiger partial charge >= 0.3 is 0 Å². The molecule has 0 saturated heterocycles. The van der Waals surface area contributed by atoms with Crippen LogP contribution in [0.5, 0.6) is 0 Å². The Morgan fingerprint density at radius 3 is 0.917 bits per heavy atom. The first-order valence-electron chi connectivity index (χ1n) is 16.2. The van der Waals surface area contributed by atoms with Crippen LogP contribution in [0, 0.1) is 0 Å². The Bertz CT molecular complexity index is 2330. The maximum atomic E-state index is 5.02. The van der Waals surface area contributed by atoms with Crippen molar-refractivity contribution in [2.24, 2.45) is 0 Å². The quantitative estimate of drug-likeness (QED) is 0.187. The van der Waals surface area contributed by atoms with Crippen LogP contribution in [0.3, 0.4) is 0 Å². The number of imidazole rings is 2. The molecule has 0 saturated carbocycles. The van der Waals surface area contributed by atoms with E-state index in [2.05, 4.69) is 167 Å². The van der Waals surface area contributed by atoms with Gasteiger partial charge in [0.25, 0.3) is 0 Å².